The summed E-state index contributed by atoms with van der Waals surface area (Å²) in [6.07, 6.45) is 4.63. The highest BCUT2D eigenvalue weighted by Crippen LogP contribution is 2.21. The molecule has 3 rings (SSSR count). The summed E-state index contributed by atoms with van der Waals surface area (Å²) in [4.78, 5) is 24.2. The molecule has 3 aromatic rings. The highest BCUT2D eigenvalue weighted by atomic mass is 16.5. The number of methoxy groups -OCH3 is 1. The number of hydrogen-bond donors (Lipinski definition) is 2. The molecule has 0 atom stereocenters. The van der Waals surface area contributed by atoms with Crippen molar-refractivity contribution in [2.24, 2.45) is 0 Å². The van der Waals surface area contributed by atoms with E-state index in [-0.39, 0.29) is 17.6 Å². The van der Waals surface area contributed by atoms with Gasteiger partial charge < -0.3 is 19.8 Å². The molecule has 0 aliphatic heterocycles. The Morgan fingerprint density at radius 3 is 2.46 bits per heavy atom. The molecule has 1 aromatic heterocycles. The number of benzene rings is 2. The lowest BCUT2D eigenvalue weighted by Gasteiger charge is -2.10. The first-order chi connectivity index (χ1) is 13.5. The quantitative estimate of drug-likeness (QED) is 0.621. The van der Waals surface area contributed by atoms with Crippen LogP contribution in [-0.2, 0) is 4.79 Å². The van der Waals surface area contributed by atoms with Crippen molar-refractivity contribution in [1.29, 1.82) is 0 Å². The van der Waals surface area contributed by atoms with Gasteiger partial charge >= 0.3 is 0 Å². The molecule has 2 amide bonds. The number of carbonyl (C=O) groups is 2. The van der Waals surface area contributed by atoms with Crippen molar-refractivity contribution in [1.82, 2.24) is 0 Å². The average Bonchev–Trinajstić information content (AvgIpc) is 3.24. The number of rotatable bonds is 6. The predicted octanol–water partition coefficient (Wildman–Crippen LogP) is 4.50. The third-order valence-corrected chi connectivity index (χ3v) is 4.03. The fraction of sp³-hybridized carbons (Fsp3) is 0.0909. The minimum Gasteiger partial charge on any atom is -0.497 e. The molecular formula is C22H20N2O4. The molecule has 2 N–H and O–H groups in total. The summed E-state index contributed by atoms with van der Waals surface area (Å²) in [5.41, 5.74) is 2.99. The van der Waals surface area contributed by atoms with Crippen LogP contribution in [0.4, 0.5) is 11.4 Å². The van der Waals surface area contributed by atoms with Crippen molar-refractivity contribution in [2.75, 3.05) is 17.7 Å². The van der Waals surface area contributed by atoms with Gasteiger partial charge in [-0.25, -0.2) is 0 Å². The van der Waals surface area contributed by atoms with Gasteiger partial charge in [-0.15, -0.1) is 0 Å². The van der Waals surface area contributed by atoms with Crippen LogP contribution in [-0.4, -0.2) is 18.9 Å². The van der Waals surface area contributed by atoms with Gasteiger partial charge in [-0.3, -0.25) is 9.59 Å². The van der Waals surface area contributed by atoms with Crippen LogP contribution in [0, 0.1) is 6.92 Å². The van der Waals surface area contributed by atoms with Gasteiger partial charge in [0.1, 0.15) is 5.75 Å². The first-order valence-electron chi connectivity index (χ1n) is 8.64. The van der Waals surface area contributed by atoms with Gasteiger partial charge in [0.2, 0.25) is 5.91 Å². The maximum Gasteiger partial charge on any atom is 0.291 e. The fourth-order valence-corrected chi connectivity index (χ4v) is 2.54. The fourth-order valence-electron chi connectivity index (χ4n) is 2.54. The summed E-state index contributed by atoms with van der Waals surface area (Å²) < 4.78 is 10.2. The van der Waals surface area contributed by atoms with Crippen LogP contribution in [0.15, 0.2) is 71.4 Å². The highest BCUT2D eigenvalue weighted by Gasteiger charge is 2.10. The zero-order valence-corrected chi connectivity index (χ0v) is 15.6. The maximum absolute atomic E-state index is 12.1. The standard InChI is InChI=1S/C22H20N2O4/c1-15-14-17(8-11-19(15)24-22(26)20-4-3-13-28-20)23-21(25)12-7-16-5-9-18(27-2)10-6-16/h3-14H,1-2H3,(H,23,25)(H,24,26)/b12-7+. The molecule has 0 spiro atoms. The molecule has 0 fully saturated rings. The number of aryl methyl sites for hydroxylation is 1. The smallest absolute Gasteiger partial charge is 0.291 e. The van der Waals surface area contributed by atoms with Gasteiger partial charge in [-0.1, -0.05) is 12.1 Å². The van der Waals surface area contributed by atoms with E-state index in [1.54, 1.807) is 43.5 Å². The lowest BCUT2D eigenvalue weighted by atomic mass is 10.1. The van der Waals surface area contributed by atoms with Crippen molar-refractivity contribution in [3.63, 3.8) is 0 Å². The largest absolute Gasteiger partial charge is 0.497 e. The SMILES string of the molecule is COc1ccc(/C=C/C(=O)Nc2ccc(NC(=O)c3ccco3)c(C)c2)cc1. The molecule has 142 valence electrons. The summed E-state index contributed by atoms with van der Waals surface area (Å²) >= 11 is 0. The summed E-state index contributed by atoms with van der Waals surface area (Å²) in [6.45, 7) is 1.85. The number of ether oxygens (including phenoxy) is 1. The minimum atomic E-state index is -0.327. The molecule has 2 aromatic carbocycles. The Morgan fingerprint density at radius 1 is 1.04 bits per heavy atom. The number of anilines is 2. The van der Waals surface area contributed by atoms with Crippen LogP contribution in [0.3, 0.4) is 0 Å². The summed E-state index contributed by atoms with van der Waals surface area (Å²) in [5, 5.41) is 5.58. The number of furan rings is 1. The normalized spacial score (nSPS) is 10.6. The van der Waals surface area contributed by atoms with E-state index in [0.717, 1.165) is 16.9 Å². The van der Waals surface area contributed by atoms with Gasteiger partial charge in [0.05, 0.1) is 13.4 Å². The van der Waals surface area contributed by atoms with Crippen LogP contribution in [0.25, 0.3) is 6.08 Å². The second kappa shape index (κ2) is 8.73. The molecule has 0 saturated carbocycles. The van der Waals surface area contributed by atoms with Crippen LogP contribution >= 0.6 is 0 Å². The van der Waals surface area contributed by atoms with Crippen molar-refractivity contribution in [2.45, 2.75) is 6.92 Å². The second-order valence-corrected chi connectivity index (χ2v) is 6.06. The first kappa shape index (κ1) is 19.0. The predicted molar refractivity (Wildman–Crippen MR) is 108 cm³/mol. The van der Waals surface area contributed by atoms with E-state index in [2.05, 4.69) is 10.6 Å². The number of nitrogens with one attached hydrogen (secondary N) is 2. The molecule has 0 unspecified atom stereocenters. The molecule has 0 aliphatic rings. The van der Waals surface area contributed by atoms with E-state index in [0.29, 0.717) is 11.4 Å². The molecule has 0 saturated heterocycles. The minimum absolute atomic E-state index is 0.237. The average molecular weight is 376 g/mol. The van der Waals surface area contributed by atoms with Gasteiger partial charge in [0.25, 0.3) is 5.91 Å². The Labute approximate surface area is 162 Å². The summed E-state index contributed by atoms with van der Waals surface area (Å²) in [5.74, 6) is 0.423. The summed E-state index contributed by atoms with van der Waals surface area (Å²) in [7, 11) is 1.61. The Morgan fingerprint density at radius 2 is 1.82 bits per heavy atom. The third kappa shape index (κ3) is 4.88. The Kier molecular flexibility index (Phi) is 5.91. The van der Waals surface area contributed by atoms with E-state index in [1.807, 2.05) is 31.2 Å². The van der Waals surface area contributed by atoms with Crippen LogP contribution in [0.5, 0.6) is 5.75 Å². The van der Waals surface area contributed by atoms with Gasteiger partial charge in [-0.05, 0) is 66.6 Å². The number of carbonyl (C=O) groups excluding carboxylic acids is 2. The Hall–Kier alpha value is -3.80. The molecule has 0 aliphatic carbocycles. The highest BCUT2D eigenvalue weighted by molar-refractivity contribution is 6.04. The van der Waals surface area contributed by atoms with Crippen LogP contribution in [0.1, 0.15) is 21.7 Å². The molecule has 6 heteroatoms. The second-order valence-electron chi connectivity index (χ2n) is 6.06. The molecule has 28 heavy (non-hydrogen) atoms. The zero-order valence-electron chi connectivity index (χ0n) is 15.6. The lowest BCUT2D eigenvalue weighted by molar-refractivity contribution is -0.111. The Bertz CT molecular complexity index is 990. The number of hydrogen-bond acceptors (Lipinski definition) is 4. The van der Waals surface area contributed by atoms with Crippen molar-refractivity contribution < 1.29 is 18.7 Å². The lowest BCUT2D eigenvalue weighted by Crippen LogP contribution is -2.12. The zero-order chi connectivity index (χ0) is 19.9. The van der Waals surface area contributed by atoms with Gasteiger partial charge in [-0.2, -0.15) is 0 Å². The molecular weight excluding hydrogens is 356 g/mol. The van der Waals surface area contributed by atoms with E-state index in [9.17, 15) is 9.59 Å². The Balaban J connectivity index is 1.60. The monoisotopic (exact) mass is 376 g/mol. The topological polar surface area (TPSA) is 80.6 Å². The summed E-state index contributed by atoms with van der Waals surface area (Å²) in [6, 6.07) is 15.9. The van der Waals surface area contributed by atoms with Crippen molar-refractivity contribution >= 4 is 29.3 Å². The van der Waals surface area contributed by atoms with Crippen LogP contribution < -0.4 is 15.4 Å². The van der Waals surface area contributed by atoms with E-state index < -0.39 is 0 Å². The van der Waals surface area contributed by atoms with Crippen molar-refractivity contribution in [3.8, 4) is 5.75 Å². The molecule has 6 nitrogen and oxygen atoms in total. The number of amides is 2. The molecule has 0 bridgehead atoms. The first-order valence-corrected chi connectivity index (χ1v) is 8.64. The van der Waals surface area contributed by atoms with E-state index in [4.69, 9.17) is 9.15 Å². The maximum atomic E-state index is 12.1. The van der Waals surface area contributed by atoms with Crippen molar-refractivity contribution in [3.05, 3.63) is 83.8 Å². The van der Waals surface area contributed by atoms with E-state index >= 15 is 0 Å². The van der Waals surface area contributed by atoms with Gasteiger partial charge in [0.15, 0.2) is 5.76 Å². The third-order valence-electron chi connectivity index (χ3n) is 4.03. The van der Waals surface area contributed by atoms with Gasteiger partial charge in [0, 0.05) is 17.5 Å². The van der Waals surface area contributed by atoms with E-state index in [1.165, 1.54) is 12.3 Å². The molecule has 0 radical (unpaired) electrons. The van der Waals surface area contributed by atoms with Crippen LogP contribution in [0.2, 0.25) is 0 Å². The molecule has 1 heterocycles.